The molecule has 2 fully saturated rings. The summed E-state index contributed by atoms with van der Waals surface area (Å²) in [5.41, 5.74) is 0. The smallest absolute Gasteiger partial charge is 0.00682 e. The minimum atomic E-state index is 0.770. The number of hydrogen-bond donors (Lipinski definition) is 1. The van der Waals surface area contributed by atoms with Crippen molar-refractivity contribution in [2.75, 3.05) is 20.1 Å². The minimum Gasteiger partial charge on any atom is -0.314 e. The Kier molecular flexibility index (Phi) is 4.04. The standard InChI is InChI=1S/C13H26N2/c1-11(15(2)10-12-5-6-12)4-3-9-14-13-7-8-13/h11-14H,3-10H2,1-2H3. The molecule has 0 saturated heterocycles. The van der Waals surface area contributed by atoms with Gasteiger partial charge in [0, 0.05) is 18.6 Å². The van der Waals surface area contributed by atoms with Crippen molar-refractivity contribution in [3.05, 3.63) is 0 Å². The van der Waals surface area contributed by atoms with Crippen molar-refractivity contribution in [2.45, 2.75) is 57.5 Å². The summed E-state index contributed by atoms with van der Waals surface area (Å²) in [6, 6.07) is 1.65. The largest absolute Gasteiger partial charge is 0.314 e. The van der Waals surface area contributed by atoms with Crippen molar-refractivity contribution >= 4 is 0 Å². The van der Waals surface area contributed by atoms with Crippen molar-refractivity contribution in [2.24, 2.45) is 5.92 Å². The van der Waals surface area contributed by atoms with Crippen LogP contribution >= 0.6 is 0 Å². The predicted molar refractivity (Wildman–Crippen MR) is 65.1 cm³/mol. The van der Waals surface area contributed by atoms with E-state index in [9.17, 15) is 0 Å². The molecule has 1 N–H and O–H groups in total. The van der Waals surface area contributed by atoms with Crippen LogP contribution in [0.5, 0.6) is 0 Å². The molecule has 2 heteroatoms. The van der Waals surface area contributed by atoms with Crippen LogP contribution in [0, 0.1) is 5.92 Å². The van der Waals surface area contributed by atoms with Crippen molar-refractivity contribution < 1.29 is 0 Å². The molecule has 15 heavy (non-hydrogen) atoms. The predicted octanol–water partition coefficient (Wildman–Crippen LogP) is 2.25. The van der Waals surface area contributed by atoms with E-state index in [1.807, 2.05) is 0 Å². The molecule has 2 rings (SSSR count). The monoisotopic (exact) mass is 210 g/mol. The van der Waals surface area contributed by atoms with Crippen molar-refractivity contribution in [1.29, 1.82) is 0 Å². The maximum atomic E-state index is 3.59. The lowest BCUT2D eigenvalue weighted by Gasteiger charge is -2.24. The molecule has 0 radical (unpaired) electrons. The second-order valence-electron chi connectivity index (χ2n) is 5.60. The summed E-state index contributed by atoms with van der Waals surface area (Å²) in [6.45, 7) is 4.93. The van der Waals surface area contributed by atoms with E-state index >= 15 is 0 Å². The zero-order chi connectivity index (χ0) is 10.7. The lowest BCUT2D eigenvalue weighted by Crippen LogP contribution is -2.31. The summed E-state index contributed by atoms with van der Waals surface area (Å²) in [4.78, 5) is 2.55. The number of nitrogens with one attached hydrogen (secondary N) is 1. The van der Waals surface area contributed by atoms with Crippen molar-refractivity contribution in [3.63, 3.8) is 0 Å². The van der Waals surface area contributed by atoms with Crippen LogP contribution in [0.3, 0.4) is 0 Å². The molecule has 1 atom stereocenters. The molecule has 0 aromatic rings. The fraction of sp³-hybridized carbons (Fsp3) is 1.00. The molecule has 0 aliphatic heterocycles. The van der Waals surface area contributed by atoms with E-state index in [0.29, 0.717) is 0 Å². The van der Waals surface area contributed by atoms with Crippen LogP contribution < -0.4 is 5.32 Å². The van der Waals surface area contributed by atoms with Crippen molar-refractivity contribution in [3.8, 4) is 0 Å². The van der Waals surface area contributed by atoms with Crippen LogP contribution in [0.15, 0.2) is 0 Å². The molecular formula is C13H26N2. The van der Waals surface area contributed by atoms with Crippen molar-refractivity contribution in [1.82, 2.24) is 10.2 Å². The first-order valence-corrected chi connectivity index (χ1v) is 6.69. The van der Waals surface area contributed by atoms with Gasteiger partial charge in [0.15, 0.2) is 0 Å². The lowest BCUT2D eigenvalue weighted by molar-refractivity contribution is 0.233. The topological polar surface area (TPSA) is 15.3 Å². The summed E-state index contributed by atoms with van der Waals surface area (Å²) in [5.74, 6) is 1.03. The van der Waals surface area contributed by atoms with Crippen LogP contribution in [-0.4, -0.2) is 37.1 Å². The molecule has 88 valence electrons. The quantitative estimate of drug-likeness (QED) is 0.618. The van der Waals surface area contributed by atoms with E-state index in [1.54, 1.807) is 0 Å². The van der Waals surface area contributed by atoms with E-state index in [0.717, 1.165) is 18.0 Å². The molecule has 0 aromatic carbocycles. The zero-order valence-corrected chi connectivity index (χ0v) is 10.3. The molecule has 0 amide bonds. The molecule has 0 aromatic heterocycles. The second-order valence-corrected chi connectivity index (χ2v) is 5.60. The molecule has 0 heterocycles. The van der Waals surface area contributed by atoms with Crippen LogP contribution in [0.25, 0.3) is 0 Å². The molecular weight excluding hydrogens is 184 g/mol. The summed E-state index contributed by atoms with van der Waals surface area (Å²) in [5, 5.41) is 3.59. The fourth-order valence-electron chi connectivity index (χ4n) is 2.10. The molecule has 1 unspecified atom stereocenters. The Morgan fingerprint density at radius 2 is 2.00 bits per heavy atom. The van der Waals surface area contributed by atoms with Crippen LogP contribution in [0.1, 0.15) is 45.4 Å². The molecule has 0 bridgehead atoms. The Labute approximate surface area is 94.4 Å². The zero-order valence-electron chi connectivity index (χ0n) is 10.3. The highest BCUT2D eigenvalue weighted by molar-refractivity contribution is 4.81. The van der Waals surface area contributed by atoms with Gasteiger partial charge in [-0.25, -0.2) is 0 Å². The highest BCUT2D eigenvalue weighted by atomic mass is 15.1. The highest BCUT2D eigenvalue weighted by Crippen LogP contribution is 2.30. The number of nitrogens with zero attached hydrogens (tertiary/aromatic N) is 1. The first-order valence-electron chi connectivity index (χ1n) is 6.69. The maximum absolute atomic E-state index is 3.59. The Morgan fingerprint density at radius 1 is 1.27 bits per heavy atom. The van der Waals surface area contributed by atoms with Gasteiger partial charge in [0.05, 0.1) is 0 Å². The average molecular weight is 210 g/mol. The van der Waals surface area contributed by atoms with E-state index < -0.39 is 0 Å². The normalized spacial score (nSPS) is 23.4. The second kappa shape index (κ2) is 5.31. The molecule has 2 nitrogen and oxygen atoms in total. The van der Waals surface area contributed by atoms with Gasteiger partial charge in [0.25, 0.3) is 0 Å². The third-order valence-electron chi connectivity index (χ3n) is 3.80. The molecule has 2 aliphatic rings. The van der Waals surface area contributed by atoms with Gasteiger partial charge in [-0.1, -0.05) is 0 Å². The third-order valence-corrected chi connectivity index (χ3v) is 3.80. The van der Waals surface area contributed by atoms with Gasteiger partial charge >= 0.3 is 0 Å². The summed E-state index contributed by atoms with van der Waals surface area (Å²) in [6.07, 6.45) is 8.46. The van der Waals surface area contributed by atoms with Gasteiger partial charge in [0.1, 0.15) is 0 Å². The fourth-order valence-corrected chi connectivity index (χ4v) is 2.10. The Morgan fingerprint density at radius 3 is 2.60 bits per heavy atom. The highest BCUT2D eigenvalue weighted by Gasteiger charge is 2.24. The maximum Gasteiger partial charge on any atom is 0.00682 e. The molecule has 2 saturated carbocycles. The average Bonchev–Trinajstić information content (AvgIpc) is 3.05. The SMILES string of the molecule is CC(CCCNC1CC1)N(C)CC1CC1. The summed E-state index contributed by atoms with van der Waals surface area (Å²) >= 11 is 0. The van der Waals surface area contributed by atoms with Crippen LogP contribution in [-0.2, 0) is 0 Å². The third kappa shape index (κ3) is 4.52. The van der Waals surface area contributed by atoms with Gasteiger partial charge < -0.3 is 10.2 Å². The van der Waals surface area contributed by atoms with E-state index in [4.69, 9.17) is 0 Å². The minimum absolute atomic E-state index is 0.770. The Balaban J connectivity index is 1.47. The Hall–Kier alpha value is -0.0800. The summed E-state index contributed by atoms with van der Waals surface area (Å²) in [7, 11) is 2.29. The van der Waals surface area contributed by atoms with Crippen LogP contribution in [0.2, 0.25) is 0 Å². The number of rotatable bonds is 8. The van der Waals surface area contributed by atoms with E-state index in [2.05, 4.69) is 24.2 Å². The first kappa shape index (κ1) is 11.4. The van der Waals surface area contributed by atoms with Gasteiger partial charge in [-0.05, 0) is 65.0 Å². The Bertz CT molecular complexity index is 185. The van der Waals surface area contributed by atoms with Gasteiger partial charge in [-0.2, -0.15) is 0 Å². The van der Waals surface area contributed by atoms with E-state index in [1.165, 1.54) is 51.6 Å². The molecule has 0 spiro atoms. The van der Waals surface area contributed by atoms with Crippen LogP contribution in [0.4, 0.5) is 0 Å². The number of hydrogen-bond acceptors (Lipinski definition) is 2. The lowest BCUT2D eigenvalue weighted by atomic mass is 10.1. The van der Waals surface area contributed by atoms with Gasteiger partial charge in [0.2, 0.25) is 0 Å². The van der Waals surface area contributed by atoms with E-state index in [-0.39, 0.29) is 0 Å². The first-order chi connectivity index (χ1) is 7.25. The molecule has 2 aliphatic carbocycles. The van der Waals surface area contributed by atoms with Gasteiger partial charge in [-0.15, -0.1) is 0 Å². The summed E-state index contributed by atoms with van der Waals surface area (Å²) < 4.78 is 0. The van der Waals surface area contributed by atoms with Gasteiger partial charge in [-0.3, -0.25) is 0 Å².